The molecule has 7 nitrogen and oxygen atoms in total. The number of hydrogen-bond donors (Lipinski definition) is 0. The second-order valence-corrected chi connectivity index (χ2v) is 8.10. The first-order valence-electron chi connectivity index (χ1n) is 10.4. The molecule has 3 heterocycles. The van der Waals surface area contributed by atoms with Crippen LogP contribution in [0.4, 0.5) is 0 Å². The van der Waals surface area contributed by atoms with E-state index in [0.717, 1.165) is 38.0 Å². The molecule has 0 N–H and O–H groups in total. The fraction of sp³-hybridized carbons (Fsp3) is 0.667. The molecule has 2 aromatic heterocycles. The molecule has 3 rings (SSSR count). The van der Waals surface area contributed by atoms with E-state index >= 15 is 0 Å². The van der Waals surface area contributed by atoms with Crippen molar-refractivity contribution >= 4 is 11.6 Å². The standard InChI is InChI=1S/C21H33N5O2/c1-6-24(7-2)14-16-12-22-19-18(13-23-26(19)15-16)20(27)25(8-3)17-9-10-28-21(4,5)11-17/h12-13,15,17H,6-11,14H2,1-5H3/t17-/m0/s1. The normalized spacial score (nSPS) is 19.3. The maximum Gasteiger partial charge on any atom is 0.259 e. The number of carbonyl (C=O) groups is 1. The highest BCUT2D eigenvalue weighted by Gasteiger charge is 2.34. The van der Waals surface area contributed by atoms with Crippen LogP contribution in [0.5, 0.6) is 0 Å². The maximum absolute atomic E-state index is 13.3. The number of aromatic nitrogens is 3. The summed E-state index contributed by atoms with van der Waals surface area (Å²) in [5.74, 6) is 0.00388. The van der Waals surface area contributed by atoms with Gasteiger partial charge in [0.15, 0.2) is 5.65 Å². The Labute approximate surface area is 167 Å². The minimum absolute atomic E-state index is 0.00388. The lowest BCUT2D eigenvalue weighted by Crippen LogP contribution is -2.48. The average Bonchev–Trinajstić information content (AvgIpc) is 3.09. The van der Waals surface area contributed by atoms with Crippen molar-refractivity contribution in [2.45, 2.75) is 65.6 Å². The van der Waals surface area contributed by atoms with E-state index in [1.807, 2.05) is 24.2 Å². The Morgan fingerprint density at radius 2 is 2.00 bits per heavy atom. The van der Waals surface area contributed by atoms with Gasteiger partial charge in [0.05, 0.1) is 11.8 Å². The molecule has 1 saturated heterocycles. The first-order chi connectivity index (χ1) is 13.4. The molecule has 1 aliphatic heterocycles. The Hall–Kier alpha value is -1.99. The molecule has 0 radical (unpaired) electrons. The Morgan fingerprint density at radius 3 is 2.64 bits per heavy atom. The summed E-state index contributed by atoms with van der Waals surface area (Å²) in [5, 5.41) is 4.41. The summed E-state index contributed by atoms with van der Waals surface area (Å²) >= 11 is 0. The van der Waals surface area contributed by atoms with Gasteiger partial charge in [0.2, 0.25) is 0 Å². The molecule has 1 atom stereocenters. The van der Waals surface area contributed by atoms with E-state index in [2.05, 4.69) is 42.7 Å². The lowest BCUT2D eigenvalue weighted by molar-refractivity contribution is -0.0777. The van der Waals surface area contributed by atoms with Crippen LogP contribution in [-0.4, -0.2) is 68.2 Å². The van der Waals surface area contributed by atoms with Gasteiger partial charge >= 0.3 is 0 Å². The van der Waals surface area contributed by atoms with Crippen LogP contribution in [-0.2, 0) is 11.3 Å². The van der Waals surface area contributed by atoms with E-state index in [-0.39, 0.29) is 17.6 Å². The molecule has 28 heavy (non-hydrogen) atoms. The highest BCUT2D eigenvalue weighted by molar-refractivity contribution is 5.99. The number of hydrogen-bond acceptors (Lipinski definition) is 5. The van der Waals surface area contributed by atoms with Crippen LogP contribution in [0.3, 0.4) is 0 Å². The van der Waals surface area contributed by atoms with Gasteiger partial charge in [-0.1, -0.05) is 13.8 Å². The number of amides is 1. The molecular formula is C21H33N5O2. The van der Waals surface area contributed by atoms with Gasteiger partial charge in [0.25, 0.3) is 5.91 Å². The van der Waals surface area contributed by atoms with E-state index in [0.29, 0.717) is 24.4 Å². The molecule has 154 valence electrons. The number of fused-ring (bicyclic) bond motifs is 1. The second kappa shape index (κ2) is 8.57. The third kappa shape index (κ3) is 4.36. The van der Waals surface area contributed by atoms with Gasteiger partial charge in [-0.15, -0.1) is 0 Å². The van der Waals surface area contributed by atoms with Crippen molar-refractivity contribution in [3.63, 3.8) is 0 Å². The second-order valence-electron chi connectivity index (χ2n) is 8.10. The molecular weight excluding hydrogens is 354 g/mol. The van der Waals surface area contributed by atoms with Gasteiger partial charge in [-0.05, 0) is 46.7 Å². The monoisotopic (exact) mass is 387 g/mol. The quantitative estimate of drug-likeness (QED) is 0.731. The minimum atomic E-state index is -0.199. The van der Waals surface area contributed by atoms with Crippen molar-refractivity contribution in [3.05, 3.63) is 29.7 Å². The Morgan fingerprint density at radius 1 is 1.25 bits per heavy atom. The lowest BCUT2D eigenvalue weighted by Gasteiger charge is -2.40. The van der Waals surface area contributed by atoms with Gasteiger partial charge in [-0.2, -0.15) is 5.10 Å². The third-order valence-corrected chi connectivity index (χ3v) is 5.65. The topological polar surface area (TPSA) is 63.0 Å². The van der Waals surface area contributed by atoms with Gasteiger partial charge in [0, 0.05) is 43.7 Å². The molecule has 0 aliphatic carbocycles. The molecule has 0 bridgehead atoms. The van der Waals surface area contributed by atoms with E-state index in [4.69, 9.17) is 4.74 Å². The number of rotatable bonds is 7. The largest absolute Gasteiger partial charge is 0.375 e. The molecule has 0 spiro atoms. The van der Waals surface area contributed by atoms with E-state index in [9.17, 15) is 4.79 Å². The van der Waals surface area contributed by atoms with Crippen LogP contribution in [0.25, 0.3) is 5.65 Å². The van der Waals surface area contributed by atoms with E-state index in [1.165, 1.54) is 0 Å². The van der Waals surface area contributed by atoms with Crippen LogP contribution >= 0.6 is 0 Å². The number of carbonyl (C=O) groups excluding carboxylic acids is 1. The number of nitrogens with zero attached hydrogens (tertiary/aromatic N) is 5. The zero-order chi connectivity index (χ0) is 20.3. The smallest absolute Gasteiger partial charge is 0.259 e. The summed E-state index contributed by atoms with van der Waals surface area (Å²) < 4.78 is 7.55. The van der Waals surface area contributed by atoms with Crippen LogP contribution in [0, 0.1) is 0 Å². The van der Waals surface area contributed by atoms with Crippen molar-refractivity contribution in [1.82, 2.24) is 24.4 Å². The van der Waals surface area contributed by atoms with E-state index in [1.54, 1.807) is 10.7 Å². The fourth-order valence-electron chi connectivity index (χ4n) is 4.04. The summed E-state index contributed by atoms with van der Waals surface area (Å²) in [5.41, 5.74) is 2.09. The van der Waals surface area contributed by atoms with E-state index < -0.39 is 0 Å². The highest BCUT2D eigenvalue weighted by atomic mass is 16.5. The summed E-state index contributed by atoms with van der Waals surface area (Å²) in [6, 6.07) is 0.179. The summed E-state index contributed by atoms with van der Waals surface area (Å²) in [4.78, 5) is 22.2. The third-order valence-electron chi connectivity index (χ3n) is 5.65. The average molecular weight is 388 g/mol. The molecule has 1 aliphatic rings. The van der Waals surface area contributed by atoms with Gasteiger partial charge in [-0.3, -0.25) is 9.69 Å². The van der Waals surface area contributed by atoms with Crippen molar-refractivity contribution in [2.24, 2.45) is 0 Å². The SMILES string of the molecule is CCN(CC)Cc1cnc2c(C(=O)N(CC)[C@H]3CCOC(C)(C)C3)cnn2c1. The molecule has 0 saturated carbocycles. The molecule has 7 heteroatoms. The Kier molecular flexibility index (Phi) is 6.35. The van der Waals surface area contributed by atoms with Crippen LogP contribution in [0.15, 0.2) is 18.6 Å². The fourth-order valence-corrected chi connectivity index (χ4v) is 4.04. The van der Waals surface area contributed by atoms with Gasteiger partial charge in [-0.25, -0.2) is 9.50 Å². The number of ether oxygens (including phenoxy) is 1. The van der Waals surface area contributed by atoms with Crippen LogP contribution in [0.2, 0.25) is 0 Å². The summed E-state index contributed by atoms with van der Waals surface area (Å²) in [6.45, 7) is 14.7. The van der Waals surface area contributed by atoms with Crippen molar-refractivity contribution in [2.75, 3.05) is 26.2 Å². The summed E-state index contributed by atoms with van der Waals surface area (Å²) in [6.07, 6.45) is 7.20. The maximum atomic E-state index is 13.3. The van der Waals surface area contributed by atoms with Gasteiger partial charge in [0.1, 0.15) is 5.56 Å². The predicted molar refractivity (Wildman–Crippen MR) is 109 cm³/mol. The Balaban J connectivity index is 1.82. The van der Waals surface area contributed by atoms with Crippen molar-refractivity contribution in [3.8, 4) is 0 Å². The first-order valence-corrected chi connectivity index (χ1v) is 10.4. The molecule has 0 aromatic carbocycles. The zero-order valence-corrected chi connectivity index (χ0v) is 17.8. The highest BCUT2D eigenvalue weighted by Crippen LogP contribution is 2.28. The molecule has 2 aromatic rings. The molecule has 0 unspecified atom stereocenters. The summed E-state index contributed by atoms with van der Waals surface area (Å²) in [7, 11) is 0. The van der Waals surface area contributed by atoms with Crippen molar-refractivity contribution < 1.29 is 9.53 Å². The van der Waals surface area contributed by atoms with Crippen LogP contribution < -0.4 is 0 Å². The van der Waals surface area contributed by atoms with Gasteiger partial charge < -0.3 is 9.64 Å². The predicted octanol–water partition coefficient (Wildman–Crippen LogP) is 2.99. The zero-order valence-electron chi connectivity index (χ0n) is 17.8. The molecule has 1 amide bonds. The Bertz CT molecular complexity index is 812. The first kappa shape index (κ1) is 20.7. The van der Waals surface area contributed by atoms with Crippen molar-refractivity contribution in [1.29, 1.82) is 0 Å². The lowest BCUT2D eigenvalue weighted by atomic mass is 9.92. The molecule has 1 fully saturated rings. The van der Waals surface area contributed by atoms with Crippen LogP contribution in [0.1, 0.15) is 63.4 Å². The minimum Gasteiger partial charge on any atom is -0.375 e.